The van der Waals surface area contributed by atoms with Crippen molar-refractivity contribution in [2.45, 2.75) is 37.0 Å². The number of halogens is 1. The molecule has 0 spiro atoms. The highest BCUT2D eigenvalue weighted by Gasteiger charge is 2.40. The molecule has 4 rings (SSSR count). The summed E-state index contributed by atoms with van der Waals surface area (Å²) in [5, 5.41) is 2.83. The van der Waals surface area contributed by atoms with Gasteiger partial charge in [0.25, 0.3) is 5.91 Å². The summed E-state index contributed by atoms with van der Waals surface area (Å²) in [7, 11) is -0.838. The van der Waals surface area contributed by atoms with Gasteiger partial charge in [0.15, 0.2) is 15.7 Å². The summed E-state index contributed by atoms with van der Waals surface area (Å²) < 4.78 is 38.8. The van der Waals surface area contributed by atoms with Gasteiger partial charge < -0.3 is 11.1 Å². The highest BCUT2D eigenvalue weighted by atomic mass is 32.2. The Morgan fingerprint density at radius 2 is 1.97 bits per heavy atom. The fourth-order valence-corrected chi connectivity index (χ4v) is 7.07. The normalized spacial score (nSPS) is 22.5. The number of carbonyl (C=O) groups is 1. The van der Waals surface area contributed by atoms with E-state index in [-0.39, 0.29) is 28.9 Å². The lowest BCUT2D eigenvalue weighted by molar-refractivity contribution is 0.102. The Hall–Kier alpha value is -2.81. The van der Waals surface area contributed by atoms with Gasteiger partial charge in [-0.2, -0.15) is 0 Å². The van der Waals surface area contributed by atoms with Crippen molar-refractivity contribution in [1.29, 1.82) is 0 Å². The number of amides is 1. The minimum Gasteiger partial charge on any atom is -0.326 e. The smallest absolute Gasteiger partial charge is 0.274 e. The van der Waals surface area contributed by atoms with E-state index in [1.165, 1.54) is 24.6 Å². The molecule has 184 valence electrons. The SMILES string of the molecule is C[C@H]1C[C@@H](c2ccncc2NC(=O)c2ccnc(-c3c(F)cccc3P)n2)C[C@@H](N)[C@H]1S(C)(=O)=O. The number of hydrogen-bond acceptors (Lipinski definition) is 7. The maximum Gasteiger partial charge on any atom is 0.274 e. The highest BCUT2D eigenvalue weighted by Crippen LogP contribution is 2.40. The van der Waals surface area contributed by atoms with Gasteiger partial charge in [-0.15, -0.1) is 9.24 Å². The van der Waals surface area contributed by atoms with Crippen LogP contribution in [-0.4, -0.2) is 46.8 Å². The molecule has 11 heteroatoms. The third-order valence-corrected chi connectivity index (χ3v) is 8.67. The van der Waals surface area contributed by atoms with E-state index < -0.39 is 32.9 Å². The molecule has 1 amide bonds. The second kappa shape index (κ2) is 10.0. The first-order valence-electron chi connectivity index (χ1n) is 11.1. The monoisotopic (exact) mass is 515 g/mol. The van der Waals surface area contributed by atoms with E-state index in [4.69, 9.17) is 5.73 Å². The van der Waals surface area contributed by atoms with Crippen LogP contribution in [-0.2, 0) is 9.84 Å². The molecule has 2 heterocycles. The van der Waals surface area contributed by atoms with Crippen molar-refractivity contribution < 1.29 is 17.6 Å². The largest absolute Gasteiger partial charge is 0.326 e. The topological polar surface area (TPSA) is 128 Å². The van der Waals surface area contributed by atoms with Crippen LogP contribution in [0.2, 0.25) is 0 Å². The van der Waals surface area contributed by atoms with Crippen LogP contribution in [0.1, 0.15) is 41.7 Å². The molecule has 3 N–H and O–H groups in total. The number of nitrogens with two attached hydrogens (primary N) is 1. The lowest BCUT2D eigenvalue weighted by Crippen LogP contribution is -2.48. The van der Waals surface area contributed by atoms with Crippen LogP contribution < -0.4 is 16.4 Å². The number of aromatic nitrogens is 3. The number of carbonyl (C=O) groups excluding carboxylic acids is 1. The molecule has 0 bridgehead atoms. The molecule has 8 nitrogen and oxygen atoms in total. The Kier molecular flexibility index (Phi) is 7.26. The van der Waals surface area contributed by atoms with Crippen LogP contribution in [0.15, 0.2) is 48.9 Å². The number of rotatable bonds is 5. The Morgan fingerprint density at radius 1 is 1.20 bits per heavy atom. The Balaban J connectivity index is 1.59. The number of anilines is 1. The molecule has 1 aliphatic rings. The summed E-state index contributed by atoms with van der Waals surface area (Å²) in [4.78, 5) is 25.6. The fraction of sp³-hybridized carbons (Fsp3) is 0.333. The molecule has 5 atom stereocenters. The first kappa shape index (κ1) is 25.3. The summed E-state index contributed by atoms with van der Waals surface area (Å²) in [6, 6.07) is 7.36. The van der Waals surface area contributed by atoms with Crippen LogP contribution in [0.5, 0.6) is 0 Å². The summed E-state index contributed by atoms with van der Waals surface area (Å²) in [5.74, 6) is -1.06. The Morgan fingerprint density at radius 3 is 2.66 bits per heavy atom. The van der Waals surface area contributed by atoms with Gasteiger partial charge in [-0.3, -0.25) is 9.78 Å². The number of nitrogens with one attached hydrogen (secondary N) is 1. The molecule has 1 saturated carbocycles. The molecule has 0 aliphatic heterocycles. The molecule has 1 aromatic carbocycles. The standard InChI is InChI=1S/C24H27FN5O3PS/c1-13-10-14(11-17(26)22(13)35(2,32)33)15-6-8-27-12-19(15)30-24(31)18-7-9-28-23(29-18)21-16(25)4-3-5-20(21)34/h3-9,12-14,17,22H,10-11,26,34H2,1-2H3,(H,30,31)/t13-,14+,17+,22-/m0/s1. The van der Waals surface area contributed by atoms with E-state index in [1.54, 1.807) is 24.5 Å². The lowest BCUT2D eigenvalue weighted by atomic mass is 9.76. The Labute approximate surface area is 206 Å². The maximum atomic E-state index is 14.4. The fourth-order valence-electron chi connectivity index (χ4n) is 4.99. The number of benzene rings is 1. The van der Waals surface area contributed by atoms with Crippen molar-refractivity contribution in [3.8, 4) is 11.4 Å². The third-order valence-electron chi connectivity index (χ3n) is 6.39. The zero-order valence-electron chi connectivity index (χ0n) is 19.3. The molecule has 0 saturated heterocycles. The summed E-state index contributed by atoms with van der Waals surface area (Å²) in [6.45, 7) is 1.89. The highest BCUT2D eigenvalue weighted by molar-refractivity contribution is 7.91. The van der Waals surface area contributed by atoms with Gasteiger partial charge in [-0.05, 0) is 53.7 Å². The second-order valence-corrected chi connectivity index (χ2v) is 11.8. The van der Waals surface area contributed by atoms with E-state index in [2.05, 4.69) is 29.5 Å². The predicted molar refractivity (Wildman–Crippen MR) is 137 cm³/mol. The van der Waals surface area contributed by atoms with Crippen molar-refractivity contribution >= 4 is 36.0 Å². The minimum absolute atomic E-state index is 0.0460. The van der Waals surface area contributed by atoms with Gasteiger partial charge in [0.1, 0.15) is 11.5 Å². The summed E-state index contributed by atoms with van der Waals surface area (Å²) in [5.41, 5.74) is 7.90. The van der Waals surface area contributed by atoms with Gasteiger partial charge in [-0.25, -0.2) is 22.8 Å². The van der Waals surface area contributed by atoms with Crippen molar-refractivity contribution in [1.82, 2.24) is 15.0 Å². The van der Waals surface area contributed by atoms with Crippen molar-refractivity contribution in [2.24, 2.45) is 11.7 Å². The van der Waals surface area contributed by atoms with Gasteiger partial charge in [0, 0.05) is 24.7 Å². The lowest BCUT2D eigenvalue weighted by Gasteiger charge is -2.38. The second-order valence-electron chi connectivity index (χ2n) is 8.99. The quantitative estimate of drug-likeness (QED) is 0.500. The van der Waals surface area contributed by atoms with Crippen LogP contribution in [0.4, 0.5) is 10.1 Å². The van der Waals surface area contributed by atoms with Crippen LogP contribution in [0.3, 0.4) is 0 Å². The summed E-state index contributed by atoms with van der Waals surface area (Å²) >= 11 is 0. The van der Waals surface area contributed by atoms with Crippen LogP contribution >= 0.6 is 9.24 Å². The van der Waals surface area contributed by atoms with Gasteiger partial charge in [-0.1, -0.05) is 19.1 Å². The van der Waals surface area contributed by atoms with E-state index in [9.17, 15) is 17.6 Å². The summed E-state index contributed by atoms with van der Waals surface area (Å²) in [6.07, 6.45) is 6.89. The maximum absolute atomic E-state index is 14.4. The van der Waals surface area contributed by atoms with E-state index in [0.717, 1.165) is 5.56 Å². The zero-order valence-corrected chi connectivity index (χ0v) is 21.3. The molecular formula is C24H27FN5O3PS. The average Bonchev–Trinajstić information content (AvgIpc) is 2.78. The number of pyridine rings is 1. The van der Waals surface area contributed by atoms with Crippen LogP contribution in [0, 0.1) is 11.7 Å². The van der Waals surface area contributed by atoms with Crippen molar-refractivity contribution in [3.05, 3.63) is 66.0 Å². The zero-order chi connectivity index (χ0) is 25.3. The van der Waals surface area contributed by atoms with Crippen LogP contribution in [0.25, 0.3) is 11.4 Å². The molecule has 0 radical (unpaired) electrons. The molecule has 1 unspecified atom stereocenters. The molecule has 1 aliphatic carbocycles. The predicted octanol–water partition coefficient (Wildman–Crippen LogP) is 2.68. The van der Waals surface area contributed by atoms with Gasteiger partial charge >= 0.3 is 0 Å². The number of sulfone groups is 1. The first-order chi connectivity index (χ1) is 16.6. The van der Waals surface area contributed by atoms with Gasteiger partial charge in [0.05, 0.1) is 22.7 Å². The molecular weight excluding hydrogens is 488 g/mol. The van der Waals surface area contributed by atoms with E-state index in [1.807, 2.05) is 13.0 Å². The average molecular weight is 516 g/mol. The number of nitrogens with zero attached hydrogens (tertiary/aromatic N) is 3. The molecule has 1 fully saturated rings. The van der Waals surface area contributed by atoms with Crippen molar-refractivity contribution in [3.63, 3.8) is 0 Å². The minimum atomic E-state index is -3.28. The van der Waals surface area contributed by atoms with Crippen molar-refractivity contribution in [2.75, 3.05) is 11.6 Å². The molecule has 35 heavy (non-hydrogen) atoms. The van der Waals surface area contributed by atoms with E-state index in [0.29, 0.717) is 23.8 Å². The third kappa shape index (κ3) is 5.39. The van der Waals surface area contributed by atoms with Gasteiger partial charge in [0.2, 0.25) is 0 Å². The van der Waals surface area contributed by atoms with E-state index >= 15 is 0 Å². The first-order valence-corrected chi connectivity index (χ1v) is 13.7. The molecule has 3 aromatic rings. The Bertz CT molecular complexity index is 1340. The number of hydrogen-bond donors (Lipinski definition) is 2. The molecule has 2 aromatic heterocycles.